The van der Waals surface area contributed by atoms with E-state index >= 15 is 0 Å². The van der Waals surface area contributed by atoms with Gasteiger partial charge in [0.2, 0.25) is 5.91 Å². The summed E-state index contributed by atoms with van der Waals surface area (Å²) >= 11 is 0. The molecule has 1 atom stereocenters. The minimum atomic E-state index is 0.180. The van der Waals surface area contributed by atoms with Crippen LogP contribution in [0.5, 0.6) is 0 Å². The summed E-state index contributed by atoms with van der Waals surface area (Å²) in [4.78, 5) is 14.4. The van der Waals surface area contributed by atoms with Crippen LogP contribution in [0.15, 0.2) is 30.5 Å². The van der Waals surface area contributed by atoms with Crippen molar-refractivity contribution >= 4 is 16.8 Å². The smallest absolute Gasteiger partial charge is 0.220 e. The van der Waals surface area contributed by atoms with E-state index in [1.807, 2.05) is 23.0 Å². The number of fused-ring (bicyclic) bond motifs is 1. The van der Waals surface area contributed by atoms with Gasteiger partial charge in [-0.25, -0.2) is 0 Å². The molecule has 0 aliphatic carbocycles. The van der Waals surface area contributed by atoms with Gasteiger partial charge in [0.25, 0.3) is 0 Å². The Kier molecular flexibility index (Phi) is 5.86. The minimum absolute atomic E-state index is 0.180. The summed E-state index contributed by atoms with van der Waals surface area (Å²) in [6.07, 6.45) is 8.24. The fourth-order valence-corrected chi connectivity index (χ4v) is 3.56. The molecule has 130 valence electrons. The molecule has 1 amide bonds. The highest BCUT2D eigenvalue weighted by atomic mass is 16.1. The van der Waals surface area contributed by atoms with Crippen molar-refractivity contribution in [1.29, 1.82) is 0 Å². The Balaban J connectivity index is 1.35. The Morgan fingerprint density at radius 3 is 3.08 bits per heavy atom. The standard InChI is InChI=1S/C19H28N4O/c1-22-13-5-4-8-17(22)10-11-19(24)20-12-6-14-23-18-9-3-2-7-16(18)15-21-23/h2-3,7,9,15,17H,4-6,8,10-14H2,1H3,(H,20,24)/t17-/m1/s1. The number of aromatic nitrogens is 2. The summed E-state index contributed by atoms with van der Waals surface area (Å²) in [5.74, 6) is 0.180. The lowest BCUT2D eigenvalue weighted by Crippen LogP contribution is -2.37. The van der Waals surface area contributed by atoms with Gasteiger partial charge in [0, 0.05) is 30.9 Å². The zero-order chi connectivity index (χ0) is 16.8. The van der Waals surface area contributed by atoms with Crippen LogP contribution in [0.3, 0.4) is 0 Å². The molecule has 1 aromatic heterocycles. The summed E-state index contributed by atoms with van der Waals surface area (Å²) in [5.41, 5.74) is 1.16. The van der Waals surface area contributed by atoms with Gasteiger partial charge in [0.05, 0.1) is 11.7 Å². The van der Waals surface area contributed by atoms with Crippen LogP contribution in [0.4, 0.5) is 0 Å². The normalized spacial score (nSPS) is 18.8. The molecule has 0 spiro atoms. The quantitative estimate of drug-likeness (QED) is 0.795. The second-order valence-corrected chi connectivity index (χ2v) is 6.80. The number of amides is 1. The Bertz CT molecular complexity index is 666. The minimum Gasteiger partial charge on any atom is -0.356 e. The molecule has 5 heteroatoms. The topological polar surface area (TPSA) is 50.2 Å². The number of piperidine rings is 1. The Labute approximate surface area is 144 Å². The number of rotatable bonds is 7. The van der Waals surface area contributed by atoms with E-state index in [2.05, 4.69) is 34.5 Å². The Morgan fingerprint density at radius 1 is 1.33 bits per heavy atom. The van der Waals surface area contributed by atoms with Crippen LogP contribution in [0.25, 0.3) is 10.9 Å². The van der Waals surface area contributed by atoms with Crippen LogP contribution >= 0.6 is 0 Å². The van der Waals surface area contributed by atoms with Crippen molar-refractivity contribution in [1.82, 2.24) is 20.0 Å². The van der Waals surface area contributed by atoms with Crippen molar-refractivity contribution in [2.75, 3.05) is 20.1 Å². The van der Waals surface area contributed by atoms with Crippen molar-refractivity contribution in [3.8, 4) is 0 Å². The molecule has 5 nitrogen and oxygen atoms in total. The molecule has 1 saturated heterocycles. The van der Waals surface area contributed by atoms with E-state index in [9.17, 15) is 4.79 Å². The van der Waals surface area contributed by atoms with Gasteiger partial charge in [-0.3, -0.25) is 9.48 Å². The highest BCUT2D eigenvalue weighted by Crippen LogP contribution is 2.18. The number of hydrogen-bond donors (Lipinski definition) is 1. The average Bonchev–Trinajstić information content (AvgIpc) is 3.01. The van der Waals surface area contributed by atoms with Gasteiger partial charge in [-0.2, -0.15) is 5.10 Å². The van der Waals surface area contributed by atoms with Gasteiger partial charge in [-0.1, -0.05) is 24.6 Å². The van der Waals surface area contributed by atoms with E-state index in [4.69, 9.17) is 0 Å². The van der Waals surface area contributed by atoms with Crippen molar-refractivity contribution in [3.05, 3.63) is 30.5 Å². The number of nitrogens with zero attached hydrogens (tertiary/aromatic N) is 3. The first-order chi connectivity index (χ1) is 11.7. The van der Waals surface area contributed by atoms with Gasteiger partial charge >= 0.3 is 0 Å². The summed E-state index contributed by atoms with van der Waals surface area (Å²) in [5, 5.41) is 8.63. The second kappa shape index (κ2) is 8.29. The third-order valence-corrected chi connectivity index (χ3v) is 5.05. The number of aryl methyl sites for hydroxylation is 1. The van der Waals surface area contributed by atoms with E-state index < -0.39 is 0 Å². The molecule has 0 unspecified atom stereocenters. The third kappa shape index (κ3) is 4.35. The lowest BCUT2D eigenvalue weighted by molar-refractivity contribution is -0.121. The molecule has 0 radical (unpaired) electrons. The maximum absolute atomic E-state index is 12.0. The van der Waals surface area contributed by atoms with Crippen LogP contribution in [0.2, 0.25) is 0 Å². The SMILES string of the molecule is CN1CCCC[C@@H]1CCC(=O)NCCCn1ncc2ccccc21. The monoisotopic (exact) mass is 328 g/mol. The largest absolute Gasteiger partial charge is 0.356 e. The predicted molar refractivity (Wildman–Crippen MR) is 96.9 cm³/mol. The molecule has 0 bridgehead atoms. The second-order valence-electron chi connectivity index (χ2n) is 6.80. The van der Waals surface area contributed by atoms with Crippen molar-refractivity contribution in [2.24, 2.45) is 0 Å². The Morgan fingerprint density at radius 2 is 2.21 bits per heavy atom. The molecule has 1 aromatic carbocycles. The summed E-state index contributed by atoms with van der Waals surface area (Å²) in [7, 11) is 2.18. The van der Waals surface area contributed by atoms with Gasteiger partial charge in [0.15, 0.2) is 0 Å². The molecule has 2 heterocycles. The third-order valence-electron chi connectivity index (χ3n) is 5.05. The number of nitrogens with one attached hydrogen (secondary N) is 1. The lowest BCUT2D eigenvalue weighted by Gasteiger charge is -2.32. The molecule has 3 rings (SSSR count). The van der Waals surface area contributed by atoms with Crippen molar-refractivity contribution < 1.29 is 4.79 Å². The first-order valence-electron chi connectivity index (χ1n) is 9.11. The Hall–Kier alpha value is -1.88. The van der Waals surface area contributed by atoms with E-state index in [-0.39, 0.29) is 5.91 Å². The van der Waals surface area contributed by atoms with Gasteiger partial charge < -0.3 is 10.2 Å². The maximum Gasteiger partial charge on any atom is 0.220 e. The zero-order valence-electron chi connectivity index (χ0n) is 14.6. The number of hydrogen-bond acceptors (Lipinski definition) is 3. The number of carbonyl (C=O) groups is 1. The van der Waals surface area contributed by atoms with Crippen LogP contribution in [0, 0.1) is 0 Å². The first kappa shape index (κ1) is 17.0. The molecular weight excluding hydrogens is 300 g/mol. The van der Waals surface area contributed by atoms with E-state index in [1.165, 1.54) is 25.8 Å². The lowest BCUT2D eigenvalue weighted by atomic mass is 9.98. The molecule has 1 aliphatic rings. The molecule has 2 aromatic rings. The highest BCUT2D eigenvalue weighted by Gasteiger charge is 2.19. The summed E-state index contributed by atoms with van der Waals surface area (Å²) in [6, 6.07) is 8.80. The summed E-state index contributed by atoms with van der Waals surface area (Å²) < 4.78 is 2.01. The fourth-order valence-electron chi connectivity index (χ4n) is 3.56. The molecule has 1 aliphatic heterocycles. The zero-order valence-corrected chi connectivity index (χ0v) is 14.6. The molecule has 0 saturated carbocycles. The summed E-state index contributed by atoms with van der Waals surface area (Å²) in [6.45, 7) is 2.72. The number of benzene rings is 1. The van der Waals surface area contributed by atoms with Crippen LogP contribution < -0.4 is 5.32 Å². The van der Waals surface area contributed by atoms with E-state index in [0.717, 1.165) is 30.3 Å². The maximum atomic E-state index is 12.0. The number of likely N-dealkylation sites (tertiary alicyclic amines) is 1. The van der Waals surface area contributed by atoms with Crippen LogP contribution in [-0.4, -0.2) is 46.8 Å². The molecule has 24 heavy (non-hydrogen) atoms. The predicted octanol–water partition coefficient (Wildman–Crippen LogP) is 2.81. The molecule has 1 N–H and O–H groups in total. The number of para-hydroxylation sites is 1. The van der Waals surface area contributed by atoms with Crippen LogP contribution in [0.1, 0.15) is 38.5 Å². The fraction of sp³-hybridized carbons (Fsp3) is 0.579. The molecule has 1 fully saturated rings. The van der Waals surface area contributed by atoms with Gasteiger partial charge in [-0.15, -0.1) is 0 Å². The van der Waals surface area contributed by atoms with Crippen molar-refractivity contribution in [2.45, 2.75) is 51.1 Å². The van der Waals surface area contributed by atoms with Gasteiger partial charge in [0.1, 0.15) is 0 Å². The van der Waals surface area contributed by atoms with E-state index in [1.54, 1.807) is 0 Å². The average molecular weight is 328 g/mol. The van der Waals surface area contributed by atoms with Crippen LogP contribution in [-0.2, 0) is 11.3 Å². The van der Waals surface area contributed by atoms with E-state index in [0.29, 0.717) is 19.0 Å². The number of carbonyl (C=O) groups excluding carboxylic acids is 1. The first-order valence-corrected chi connectivity index (χ1v) is 9.11. The van der Waals surface area contributed by atoms with Crippen molar-refractivity contribution in [3.63, 3.8) is 0 Å². The highest BCUT2D eigenvalue weighted by molar-refractivity contribution is 5.78. The van der Waals surface area contributed by atoms with Gasteiger partial charge in [-0.05, 0) is 45.3 Å². The molecular formula is C19H28N4O.